The van der Waals surface area contributed by atoms with Crippen molar-refractivity contribution in [3.63, 3.8) is 0 Å². The van der Waals surface area contributed by atoms with Gasteiger partial charge < -0.3 is 5.73 Å². The fourth-order valence-electron chi connectivity index (χ4n) is 3.77. The van der Waals surface area contributed by atoms with Crippen LogP contribution in [-0.4, -0.2) is 11.5 Å². The molecule has 3 atom stereocenters. The van der Waals surface area contributed by atoms with E-state index in [-0.39, 0.29) is 0 Å². The minimum atomic E-state index is 0.426. The maximum atomic E-state index is 6.06. The van der Waals surface area contributed by atoms with E-state index in [2.05, 4.69) is 4.98 Å². The summed E-state index contributed by atoms with van der Waals surface area (Å²) in [6.07, 6.45) is 8.88. The Bertz CT molecular complexity index is 335. The number of thiazole rings is 1. The highest BCUT2D eigenvalue weighted by molar-refractivity contribution is 7.09. The van der Waals surface area contributed by atoms with Crippen LogP contribution in [0, 0.1) is 17.3 Å². The minimum Gasteiger partial charge on any atom is -0.330 e. The van der Waals surface area contributed by atoms with Crippen LogP contribution in [0.15, 0.2) is 11.7 Å². The zero-order valence-electron chi connectivity index (χ0n) is 8.98. The predicted molar refractivity (Wildman–Crippen MR) is 62.8 cm³/mol. The molecule has 3 unspecified atom stereocenters. The van der Waals surface area contributed by atoms with Crippen molar-refractivity contribution < 1.29 is 0 Å². The second kappa shape index (κ2) is 3.56. The van der Waals surface area contributed by atoms with Gasteiger partial charge in [0.25, 0.3) is 0 Å². The zero-order chi connectivity index (χ0) is 10.3. The van der Waals surface area contributed by atoms with E-state index in [4.69, 9.17) is 5.73 Å². The summed E-state index contributed by atoms with van der Waals surface area (Å²) in [5.74, 6) is 1.88. The quantitative estimate of drug-likeness (QED) is 0.853. The molecule has 1 aromatic rings. The fraction of sp³-hybridized carbons (Fsp3) is 0.750. The molecule has 2 saturated carbocycles. The highest BCUT2D eigenvalue weighted by Gasteiger charge is 2.49. The first-order chi connectivity index (χ1) is 7.32. The van der Waals surface area contributed by atoms with Crippen LogP contribution in [0.1, 0.15) is 30.6 Å². The molecule has 0 spiro atoms. The molecule has 2 fully saturated rings. The van der Waals surface area contributed by atoms with Crippen molar-refractivity contribution in [2.75, 3.05) is 6.54 Å². The molecule has 1 aromatic heterocycles. The number of fused-ring (bicyclic) bond motifs is 2. The van der Waals surface area contributed by atoms with Crippen LogP contribution in [0.25, 0.3) is 0 Å². The molecule has 1 heterocycles. The van der Waals surface area contributed by atoms with Crippen molar-refractivity contribution >= 4 is 11.3 Å². The molecule has 82 valence electrons. The average molecular weight is 222 g/mol. The number of nitrogens with two attached hydrogens (primary N) is 1. The van der Waals surface area contributed by atoms with Crippen LogP contribution in [0.3, 0.4) is 0 Å². The van der Waals surface area contributed by atoms with Crippen molar-refractivity contribution in [2.45, 2.75) is 32.1 Å². The van der Waals surface area contributed by atoms with Crippen molar-refractivity contribution in [2.24, 2.45) is 23.0 Å². The molecule has 15 heavy (non-hydrogen) atoms. The summed E-state index contributed by atoms with van der Waals surface area (Å²) in [5, 5.41) is 0. The van der Waals surface area contributed by atoms with E-state index in [9.17, 15) is 0 Å². The summed E-state index contributed by atoms with van der Waals surface area (Å²) in [4.78, 5) is 5.59. The lowest BCUT2D eigenvalue weighted by atomic mass is 9.70. The molecule has 0 saturated heterocycles. The van der Waals surface area contributed by atoms with Gasteiger partial charge in [-0.3, -0.25) is 4.98 Å². The largest absolute Gasteiger partial charge is 0.330 e. The Morgan fingerprint density at radius 2 is 2.47 bits per heavy atom. The van der Waals surface area contributed by atoms with E-state index < -0.39 is 0 Å². The first-order valence-corrected chi connectivity index (χ1v) is 6.78. The van der Waals surface area contributed by atoms with Crippen LogP contribution < -0.4 is 5.73 Å². The Balaban J connectivity index is 1.82. The van der Waals surface area contributed by atoms with Gasteiger partial charge in [0, 0.05) is 11.1 Å². The molecular weight excluding hydrogens is 204 g/mol. The van der Waals surface area contributed by atoms with Crippen molar-refractivity contribution in [1.29, 1.82) is 0 Å². The monoisotopic (exact) mass is 222 g/mol. The summed E-state index contributed by atoms with van der Waals surface area (Å²) in [6, 6.07) is 0. The number of rotatable bonds is 3. The standard InChI is InChI=1S/C12H18N2S/c13-7-12(5-11-6-14-8-15-11)4-9-1-2-10(12)3-9/h6,8-10H,1-5,7,13H2. The number of aromatic nitrogens is 1. The molecule has 2 aliphatic carbocycles. The molecule has 0 aliphatic heterocycles. The van der Waals surface area contributed by atoms with E-state index >= 15 is 0 Å². The second-order valence-electron chi connectivity index (χ2n) is 5.29. The van der Waals surface area contributed by atoms with Crippen LogP contribution in [0.2, 0.25) is 0 Å². The van der Waals surface area contributed by atoms with Crippen molar-refractivity contribution in [3.8, 4) is 0 Å². The summed E-state index contributed by atoms with van der Waals surface area (Å²) in [6.45, 7) is 0.867. The van der Waals surface area contributed by atoms with Crippen molar-refractivity contribution in [3.05, 3.63) is 16.6 Å². The highest BCUT2D eigenvalue weighted by Crippen LogP contribution is 2.56. The molecule has 2 aliphatic rings. The first-order valence-electron chi connectivity index (χ1n) is 5.90. The van der Waals surface area contributed by atoms with Gasteiger partial charge in [0.2, 0.25) is 0 Å². The van der Waals surface area contributed by atoms with Crippen molar-refractivity contribution in [1.82, 2.24) is 4.98 Å². The third-order valence-corrected chi connectivity index (χ3v) is 5.30. The second-order valence-corrected chi connectivity index (χ2v) is 6.26. The van der Waals surface area contributed by atoms with Gasteiger partial charge in [-0.2, -0.15) is 0 Å². The first kappa shape index (κ1) is 9.79. The van der Waals surface area contributed by atoms with E-state index in [1.165, 1.54) is 37.0 Å². The molecule has 3 rings (SSSR count). The smallest absolute Gasteiger partial charge is 0.0794 e. The average Bonchev–Trinajstić information content (AvgIpc) is 2.93. The Morgan fingerprint density at radius 3 is 3.00 bits per heavy atom. The Labute approximate surface area is 94.9 Å². The van der Waals surface area contributed by atoms with Crippen LogP contribution in [0.4, 0.5) is 0 Å². The molecular formula is C12H18N2S. The number of hydrogen-bond donors (Lipinski definition) is 1. The number of hydrogen-bond acceptors (Lipinski definition) is 3. The minimum absolute atomic E-state index is 0.426. The van der Waals surface area contributed by atoms with E-state index in [1.54, 1.807) is 11.3 Å². The molecule has 0 amide bonds. The summed E-state index contributed by atoms with van der Waals surface area (Å²) < 4.78 is 0. The Hall–Kier alpha value is -0.410. The normalized spacial score (nSPS) is 38.7. The highest BCUT2D eigenvalue weighted by atomic mass is 32.1. The van der Waals surface area contributed by atoms with E-state index in [0.717, 1.165) is 18.4 Å². The Morgan fingerprint density at radius 1 is 1.53 bits per heavy atom. The summed E-state index contributed by atoms with van der Waals surface area (Å²) in [5.41, 5.74) is 8.42. The lowest BCUT2D eigenvalue weighted by Crippen LogP contribution is -2.37. The molecule has 2 N–H and O–H groups in total. The SMILES string of the molecule is NCC1(Cc2cncs2)CC2CCC1C2. The van der Waals surface area contributed by atoms with Gasteiger partial charge in [0.15, 0.2) is 0 Å². The third kappa shape index (κ3) is 1.53. The van der Waals surface area contributed by atoms with Gasteiger partial charge in [-0.25, -0.2) is 0 Å². The maximum Gasteiger partial charge on any atom is 0.0794 e. The van der Waals surface area contributed by atoms with E-state index in [1.807, 2.05) is 11.7 Å². The molecule has 2 nitrogen and oxygen atoms in total. The Kier molecular flexibility index (Phi) is 2.33. The third-order valence-electron chi connectivity index (χ3n) is 4.52. The maximum absolute atomic E-state index is 6.06. The van der Waals surface area contributed by atoms with Crippen LogP contribution in [-0.2, 0) is 6.42 Å². The zero-order valence-corrected chi connectivity index (χ0v) is 9.80. The van der Waals surface area contributed by atoms with Gasteiger partial charge in [-0.15, -0.1) is 11.3 Å². The topological polar surface area (TPSA) is 38.9 Å². The summed E-state index contributed by atoms with van der Waals surface area (Å²) in [7, 11) is 0. The lowest BCUT2D eigenvalue weighted by Gasteiger charge is -2.36. The molecule has 3 heteroatoms. The van der Waals surface area contributed by atoms with Gasteiger partial charge in [-0.1, -0.05) is 6.42 Å². The van der Waals surface area contributed by atoms with Crippen LogP contribution in [0.5, 0.6) is 0 Å². The summed E-state index contributed by atoms with van der Waals surface area (Å²) >= 11 is 1.78. The van der Waals surface area contributed by atoms with Gasteiger partial charge in [-0.05, 0) is 49.5 Å². The molecule has 0 aromatic carbocycles. The van der Waals surface area contributed by atoms with E-state index in [0.29, 0.717) is 5.41 Å². The fourth-order valence-corrected chi connectivity index (χ4v) is 4.52. The lowest BCUT2D eigenvalue weighted by molar-refractivity contribution is 0.173. The molecule has 0 radical (unpaired) electrons. The predicted octanol–water partition coefficient (Wildman–Crippen LogP) is 2.45. The molecule has 2 bridgehead atoms. The van der Waals surface area contributed by atoms with Gasteiger partial charge in [0.05, 0.1) is 5.51 Å². The van der Waals surface area contributed by atoms with Crippen LogP contribution >= 0.6 is 11.3 Å². The number of nitrogens with zero attached hydrogens (tertiary/aromatic N) is 1. The van der Waals surface area contributed by atoms with Gasteiger partial charge in [0.1, 0.15) is 0 Å². The van der Waals surface area contributed by atoms with Gasteiger partial charge >= 0.3 is 0 Å².